The summed E-state index contributed by atoms with van der Waals surface area (Å²) in [5, 5.41) is 14.0. The third kappa shape index (κ3) is 67.7. The number of phosphoric acid groups is 1. The van der Waals surface area contributed by atoms with Crippen LogP contribution in [0.3, 0.4) is 0 Å². The first-order valence-corrected chi connectivity index (χ1v) is 38.2. The molecule has 0 radical (unpaired) electrons. The van der Waals surface area contributed by atoms with E-state index in [9.17, 15) is 19.4 Å². The van der Waals surface area contributed by atoms with Gasteiger partial charge in [-0.15, -0.1) is 0 Å². The molecule has 3 unspecified atom stereocenters. The first kappa shape index (κ1) is 82.2. The lowest BCUT2D eigenvalue weighted by molar-refractivity contribution is -0.870. The summed E-state index contributed by atoms with van der Waals surface area (Å²) in [7, 11) is 1.56. The number of allylic oxidation sites excluding steroid dienone is 9. The lowest BCUT2D eigenvalue weighted by Gasteiger charge is -2.25. The Kier molecular flexibility index (Phi) is 64.2. The number of aliphatic hydroxyl groups excluding tert-OH is 1. The van der Waals surface area contributed by atoms with Gasteiger partial charge in [-0.1, -0.05) is 338 Å². The molecule has 0 saturated carbocycles. The lowest BCUT2D eigenvalue weighted by atomic mass is 10.0. The van der Waals surface area contributed by atoms with Crippen LogP contribution < -0.4 is 5.32 Å². The molecular weight excluding hydrogens is 1060 g/mol. The van der Waals surface area contributed by atoms with E-state index in [4.69, 9.17) is 9.05 Å². The lowest BCUT2D eigenvalue weighted by Crippen LogP contribution is -2.45. The first-order chi connectivity index (χ1) is 41.0. The molecule has 0 heterocycles. The minimum atomic E-state index is -4.37. The first-order valence-electron chi connectivity index (χ1n) is 36.7. The molecular formula is C75H144N2O6P+. The quantitative estimate of drug-likeness (QED) is 0.0243. The number of likely N-dealkylation sites (N-methyl/N-ethyl adjacent to an activating group) is 1. The van der Waals surface area contributed by atoms with Crippen molar-refractivity contribution in [2.24, 2.45) is 0 Å². The molecule has 0 aromatic carbocycles. The molecule has 0 aliphatic rings. The zero-order valence-corrected chi connectivity index (χ0v) is 57.5. The van der Waals surface area contributed by atoms with Gasteiger partial charge in [0, 0.05) is 6.42 Å². The van der Waals surface area contributed by atoms with Gasteiger partial charge in [0.05, 0.1) is 39.9 Å². The van der Waals surface area contributed by atoms with Crippen LogP contribution in [-0.2, 0) is 18.4 Å². The fourth-order valence-electron chi connectivity index (χ4n) is 11.0. The number of nitrogens with zero attached hydrogens (tertiary/aromatic N) is 1. The molecule has 0 aliphatic carbocycles. The van der Waals surface area contributed by atoms with Crippen molar-refractivity contribution in [3.63, 3.8) is 0 Å². The minimum Gasteiger partial charge on any atom is -0.387 e. The number of quaternary nitrogens is 1. The Balaban J connectivity index is 4.05. The number of rotatable bonds is 68. The number of hydrogen-bond donors (Lipinski definition) is 3. The molecule has 0 fully saturated rings. The number of amides is 1. The summed E-state index contributed by atoms with van der Waals surface area (Å²) < 4.78 is 23.8. The molecule has 3 N–H and O–H groups in total. The van der Waals surface area contributed by atoms with E-state index < -0.39 is 20.0 Å². The maximum atomic E-state index is 13.1. The van der Waals surface area contributed by atoms with Crippen molar-refractivity contribution < 1.29 is 32.9 Å². The van der Waals surface area contributed by atoms with Gasteiger partial charge >= 0.3 is 7.82 Å². The van der Waals surface area contributed by atoms with Gasteiger partial charge in [-0.25, -0.2) is 4.57 Å². The summed E-state index contributed by atoms with van der Waals surface area (Å²) in [6.45, 7) is 4.83. The normalized spacial score (nSPS) is 13.9. The standard InChI is InChI=1S/C75H143N2O6P/c1-6-8-10-12-14-16-18-20-22-24-26-28-30-32-34-35-36-37-38-39-40-41-43-45-47-49-51-53-55-57-59-61-63-65-67-69-75(79)76-73(72-83-84(80,81)82-71-70-77(3,4)5)74(78)68-66-64-62-60-58-56-54-52-50-48-46-44-42-33-31-29-27-25-23-21-19-17-15-13-11-9-7-2/h18,20,24,26,50,52,58,60,66,68,73-74,78H,6-17,19,21-23,25,27-49,51,53-57,59,61-65,67,69-72H2,1-5H3,(H-,76,79,80,81)/p+1/b20-18-,26-24-,52-50+,60-58+,68-66+. The molecule has 8 nitrogen and oxygen atoms in total. The van der Waals surface area contributed by atoms with Crippen molar-refractivity contribution in [2.75, 3.05) is 40.9 Å². The number of phosphoric ester groups is 1. The minimum absolute atomic E-state index is 0.0539. The van der Waals surface area contributed by atoms with Crippen LogP contribution in [0.2, 0.25) is 0 Å². The molecule has 84 heavy (non-hydrogen) atoms. The van der Waals surface area contributed by atoms with Crippen LogP contribution in [0, 0.1) is 0 Å². The Labute approximate surface area is 523 Å². The molecule has 0 aromatic rings. The second kappa shape index (κ2) is 65.6. The Morgan fingerprint density at radius 1 is 0.405 bits per heavy atom. The van der Waals surface area contributed by atoms with E-state index in [1.165, 1.54) is 289 Å². The monoisotopic (exact) mass is 1200 g/mol. The number of hydrogen-bond acceptors (Lipinski definition) is 5. The van der Waals surface area contributed by atoms with Crippen molar-refractivity contribution in [3.05, 3.63) is 60.8 Å². The predicted octanol–water partition coefficient (Wildman–Crippen LogP) is 23.6. The zero-order valence-electron chi connectivity index (χ0n) is 56.7. The van der Waals surface area contributed by atoms with Crippen LogP contribution in [0.4, 0.5) is 0 Å². The van der Waals surface area contributed by atoms with E-state index in [0.29, 0.717) is 17.4 Å². The van der Waals surface area contributed by atoms with Gasteiger partial charge in [-0.05, 0) is 77.0 Å². The highest BCUT2D eigenvalue weighted by Gasteiger charge is 2.28. The number of unbranched alkanes of at least 4 members (excludes halogenated alkanes) is 47. The molecule has 1 amide bonds. The van der Waals surface area contributed by atoms with Gasteiger partial charge in [0.25, 0.3) is 0 Å². The number of carbonyl (C=O) groups excluding carboxylic acids is 1. The third-order valence-electron chi connectivity index (χ3n) is 16.7. The summed E-state index contributed by atoms with van der Waals surface area (Å²) in [5.41, 5.74) is 0. The van der Waals surface area contributed by atoms with Gasteiger partial charge in [0.1, 0.15) is 13.2 Å². The third-order valence-corrected chi connectivity index (χ3v) is 17.7. The van der Waals surface area contributed by atoms with Gasteiger partial charge in [-0.2, -0.15) is 0 Å². The second-order valence-electron chi connectivity index (χ2n) is 26.3. The van der Waals surface area contributed by atoms with E-state index in [1.54, 1.807) is 6.08 Å². The average molecular weight is 1200 g/mol. The topological polar surface area (TPSA) is 105 Å². The van der Waals surface area contributed by atoms with Crippen LogP contribution in [0.5, 0.6) is 0 Å². The van der Waals surface area contributed by atoms with Gasteiger partial charge in [-0.3, -0.25) is 13.8 Å². The largest absolute Gasteiger partial charge is 0.472 e. The molecule has 494 valence electrons. The molecule has 0 rings (SSSR count). The Hall–Kier alpha value is -1.80. The summed E-state index contributed by atoms with van der Waals surface area (Å²) in [6, 6.07) is -0.872. The fourth-order valence-corrected chi connectivity index (χ4v) is 11.7. The Bertz CT molecular complexity index is 1550. The SMILES string of the molecule is CCCCCCC/C=C\C/C=C\CCCCCCCCCCCCCCCCCCCCCCCCCC(=O)NC(COP(=O)(O)OCC[N+](C)(C)C)C(O)/C=C/CC/C=C/CC/C=C/CCCCCCCCCCCCCCCCCCC. The molecule has 0 aromatic heterocycles. The van der Waals surface area contributed by atoms with E-state index in [-0.39, 0.29) is 19.1 Å². The summed E-state index contributed by atoms with van der Waals surface area (Å²) in [5.74, 6) is -0.185. The molecule has 0 spiro atoms. The van der Waals surface area contributed by atoms with Crippen LogP contribution in [0.25, 0.3) is 0 Å². The smallest absolute Gasteiger partial charge is 0.387 e. The van der Waals surface area contributed by atoms with Gasteiger partial charge in [0.15, 0.2) is 0 Å². The Morgan fingerprint density at radius 3 is 1.02 bits per heavy atom. The highest BCUT2D eigenvalue weighted by molar-refractivity contribution is 7.47. The molecule has 0 bridgehead atoms. The van der Waals surface area contributed by atoms with Gasteiger partial charge in [0.2, 0.25) is 5.91 Å². The number of nitrogens with one attached hydrogen (secondary N) is 1. The zero-order chi connectivity index (χ0) is 61.2. The maximum absolute atomic E-state index is 13.1. The Morgan fingerprint density at radius 2 is 0.690 bits per heavy atom. The van der Waals surface area contributed by atoms with E-state index in [0.717, 1.165) is 51.4 Å². The van der Waals surface area contributed by atoms with Crippen molar-refractivity contribution >= 4 is 13.7 Å². The summed E-state index contributed by atoms with van der Waals surface area (Å²) in [4.78, 5) is 23.4. The van der Waals surface area contributed by atoms with Crippen LogP contribution in [0.15, 0.2) is 60.8 Å². The fraction of sp³-hybridized carbons (Fsp3) is 0.853. The van der Waals surface area contributed by atoms with E-state index in [2.05, 4.69) is 67.8 Å². The summed E-state index contributed by atoms with van der Waals surface area (Å²) in [6.07, 6.45) is 91.1. The summed E-state index contributed by atoms with van der Waals surface area (Å²) >= 11 is 0. The number of carbonyl (C=O) groups is 1. The average Bonchev–Trinajstić information content (AvgIpc) is 3.56. The van der Waals surface area contributed by atoms with Gasteiger partial charge < -0.3 is 19.8 Å². The molecule has 0 saturated heterocycles. The van der Waals surface area contributed by atoms with Crippen LogP contribution >= 0.6 is 7.82 Å². The van der Waals surface area contributed by atoms with Crippen molar-refractivity contribution in [3.8, 4) is 0 Å². The van der Waals surface area contributed by atoms with Crippen molar-refractivity contribution in [2.45, 2.75) is 373 Å². The molecule has 9 heteroatoms. The molecule has 0 aliphatic heterocycles. The van der Waals surface area contributed by atoms with Crippen LogP contribution in [0.1, 0.15) is 361 Å². The predicted molar refractivity (Wildman–Crippen MR) is 369 cm³/mol. The molecule has 3 atom stereocenters. The van der Waals surface area contributed by atoms with E-state index in [1.807, 2.05) is 27.2 Å². The van der Waals surface area contributed by atoms with Crippen LogP contribution in [-0.4, -0.2) is 73.4 Å². The van der Waals surface area contributed by atoms with Crippen molar-refractivity contribution in [1.82, 2.24) is 5.32 Å². The maximum Gasteiger partial charge on any atom is 0.472 e. The highest BCUT2D eigenvalue weighted by atomic mass is 31.2. The van der Waals surface area contributed by atoms with E-state index >= 15 is 0 Å². The second-order valence-corrected chi connectivity index (χ2v) is 27.8. The number of aliphatic hydroxyl groups is 1. The highest BCUT2D eigenvalue weighted by Crippen LogP contribution is 2.43. The van der Waals surface area contributed by atoms with Crippen molar-refractivity contribution in [1.29, 1.82) is 0 Å².